The third-order valence-corrected chi connectivity index (χ3v) is 2.89. The smallest absolute Gasteiger partial charge is 0.251 e. The first kappa shape index (κ1) is 15.4. The van der Waals surface area contributed by atoms with Gasteiger partial charge in [0.05, 0.1) is 0 Å². The number of aromatic nitrogens is 1. The summed E-state index contributed by atoms with van der Waals surface area (Å²) >= 11 is 0. The second kappa shape index (κ2) is 7.74. The van der Waals surface area contributed by atoms with Crippen LogP contribution in [0.5, 0.6) is 0 Å². The maximum absolute atomic E-state index is 12.1. The summed E-state index contributed by atoms with van der Waals surface area (Å²) in [4.78, 5) is 16.5. The molecule has 4 N–H and O–H groups in total. The quantitative estimate of drug-likeness (QED) is 0.521. The number of amides is 1. The van der Waals surface area contributed by atoms with E-state index in [1.807, 2.05) is 13.0 Å². The standard InChI is InChI=1S/C14H24N4O/c1-4-6-10(3)16-14(19)11-8-12(7-5-2)17-13(9-11)18-15/h8-10H,4-7,15H2,1-3H3,(H,16,19)(H,17,18). The monoisotopic (exact) mass is 264 g/mol. The predicted octanol–water partition coefficient (Wildman–Crippen LogP) is 2.24. The Morgan fingerprint density at radius 3 is 2.68 bits per heavy atom. The van der Waals surface area contributed by atoms with Crippen molar-refractivity contribution in [3.63, 3.8) is 0 Å². The summed E-state index contributed by atoms with van der Waals surface area (Å²) in [6.07, 6.45) is 3.84. The van der Waals surface area contributed by atoms with Gasteiger partial charge in [-0.25, -0.2) is 10.8 Å². The molecule has 5 heteroatoms. The molecule has 106 valence electrons. The van der Waals surface area contributed by atoms with Gasteiger partial charge >= 0.3 is 0 Å². The zero-order chi connectivity index (χ0) is 14.3. The number of hydrogen-bond donors (Lipinski definition) is 3. The second-order valence-corrected chi connectivity index (χ2v) is 4.79. The number of carbonyl (C=O) groups is 1. The van der Waals surface area contributed by atoms with Crippen LogP contribution in [0.15, 0.2) is 12.1 Å². The Morgan fingerprint density at radius 1 is 1.37 bits per heavy atom. The molecule has 5 nitrogen and oxygen atoms in total. The van der Waals surface area contributed by atoms with Crippen LogP contribution in [-0.2, 0) is 6.42 Å². The van der Waals surface area contributed by atoms with Gasteiger partial charge in [0.25, 0.3) is 5.91 Å². The molecule has 1 aromatic rings. The summed E-state index contributed by atoms with van der Waals surface area (Å²) in [5.74, 6) is 5.84. The minimum Gasteiger partial charge on any atom is -0.350 e. The van der Waals surface area contributed by atoms with Crippen LogP contribution in [0, 0.1) is 0 Å². The van der Waals surface area contributed by atoms with Gasteiger partial charge in [0.1, 0.15) is 5.82 Å². The summed E-state index contributed by atoms with van der Waals surface area (Å²) < 4.78 is 0. The Hall–Kier alpha value is -1.62. The number of aryl methyl sites for hydroxylation is 1. The van der Waals surface area contributed by atoms with Gasteiger partial charge in [-0.1, -0.05) is 26.7 Å². The molecule has 0 saturated carbocycles. The van der Waals surface area contributed by atoms with E-state index in [-0.39, 0.29) is 11.9 Å². The van der Waals surface area contributed by atoms with Crippen LogP contribution in [0.3, 0.4) is 0 Å². The fourth-order valence-electron chi connectivity index (χ4n) is 1.99. The van der Waals surface area contributed by atoms with Crippen LogP contribution in [0.25, 0.3) is 0 Å². The average Bonchev–Trinajstić information content (AvgIpc) is 2.38. The third kappa shape index (κ3) is 4.87. The van der Waals surface area contributed by atoms with Crippen molar-refractivity contribution in [1.29, 1.82) is 0 Å². The molecule has 1 rings (SSSR count). The molecule has 1 atom stereocenters. The Balaban J connectivity index is 2.85. The number of anilines is 1. The van der Waals surface area contributed by atoms with Gasteiger partial charge in [-0.15, -0.1) is 0 Å². The Kier molecular flexibility index (Phi) is 6.29. The molecule has 19 heavy (non-hydrogen) atoms. The van der Waals surface area contributed by atoms with Crippen molar-refractivity contribution in [2.75, 3.05) is 5.43 Å². The lowest BCUT2D eigenvalue weighted by molar-refractivity contribution is 0.0938. The molecule has 0 saturated heterocycles. The lowest BCUT2D eigenvalue weighted by atomic mass is 10.1. The number of pyridine rings is 1. The summed E-state index contributed by atoms with van der Waals surface area (Å²) in [6, 6.07) is 3.68. The number of hydrogen-bond acceptors (Lipinski definition) is 4. The molecule has 0 bridgehead atoms. The summed E-state index contributed by atoms with van der Waals surface area (Å²) in [7, 11) is 0. The number of nitrogen functional groups attached to an aromatic ring is 1. The molecular weight excluding hydrogens is 240 g/mol. The fourth-order valence-corrected chi connectivity index (χ4v) is 1.99. The molecule has 0 aromatic carbocycles. The number of nitrogens with two attached hydrogens (primary N) is 1. The van der Waals surface area contributed by atoms with Crippen LogP contribution in [0.1, 0.15) is 56.1 Å². The molecule has 0 aliphatic heterocycles. The topological polar surface area (TPSA) is 80.0 Å². The lowest BCUT2D eigenvalue weighted by Crippen LogP contribution is -2.32. The van der Waals surface area contributed by atoms with E-state index in [2.05, 4.69) is 29.6 Å². The van der Waals surface area contributed by atoms with E-state index in [9.17, 15) is 4.79 Å². The third-order valence-electron chi connectivity index (χ3n) is 2.89. The van der Waals surface area contributed by atoms with Gasteiger partial charge < -0.3 is 10.7 Å². The van der Waals surface area contributed by atoms with E-state index >= 15 is 0 Å². The van der Waals surface area contributed by atoms with Gasteiger partial charge in [0.15, 0.2) is 0 Å². The average molecular weight is 264 g/mol. The van der Waals surface area contributed by atoms with Crippen LogP contribution in [-0.4, -0.2) is 16.9 Å². The Bertz CT molecular complexity index is 420. The highest BCUT2D eigenvalue weighted by Crippen LogP contribution is 2.12. The van der Waals surface area contributed by atoms with Crippen molar-refractivity contribution < 1.29 is 4.79 Å². The zero-order valence-corrected chi connectivity index (χ0v) is 12.0. The number of rotatable bonds is 7. The minimum absolute atomic E-state index is 0.0720. The number of hydrazine groups is 1. The second-order valence-electron chi connectivity index (χ2n) is 4.79. The van der Waals surface area contributed by atoms with Crippen LogP contribution >= 0.6 is 0 Å². The van der Waals surface area contributed by atoms with Crippen molar-refractivity contribution in [2.24, 2.45) is 5.84 Å². The zero-order valence-electron chi connectivity index (χ0n) is 12.0. The van der Waals surface area contributed by atoms with Crippen LogP contribution in [0.2, 0.25) is 0 Å². The summed E-state index contributed by atoms with van der Waals surface area (Å²) in [5.41, 5.74) is 4.00. The van der Waals surface area contributed by atoms with E-state index in [1.165, 1.54) is 0 Å². The van der Waals surface area contributed by atoms with Gasteiger partial charge in [0, 0.05) is 17.3 Å². The van der Waals surface area contributed by atoms with Gasteiger partial charge in [-0.3, -0.25) is 4.79 Å². The molecule has 1 heterocycles. The number of carbonyl (C=O) groups excluding carboxylic acids is 1. The molecular formula is C14H24N4O. The summed E-state index contributed by atoms with van der Waals surface area (Å²) in [6.45, 7) is 6.19. The van der Waals surface area contributed by atoms with E-state index in [4.69, 9.17) is 5.84 Å². The predicted molar refractivity (Wildman–Crippen MR) is 77.9 cm³/mol. The van der Waals surface area contributed by atoms with E-state index in [0.29, 0.717) is 11.4 Å². The van der Waals surface area contributed by atoms with Crippen molar-refractivity contribution in [2.45, 2.75) is 52.5 Å². The molecule has 1 unspecified atom stereocenters. The van der Waals surface area contributed by atoms with E-state index in [1.54, 1.807) is 6.07 Å². The van der Waals surface area contributed by atoms with E-state index < -0.39 is 0 Å². The molecule has 0 aliphatic carbocycles. The van der Waals surface area contributed by atoms with Crippen molar-refractivity contribution in [1.82, 2.24) is 10.3 Å². The van der Waals surface area contributed by atoms with Crippen molar-refractivity contribution in [3.8, 4) is 0 Å². The van der Waals surface area contributed by atoms with Gasteiger partial charge in [-0.2, -0.15) is 0 Å². The molecule has 0 aliphatic rings. The lowest BCUT2D eigenvalue weighted by Gasteiger charge is -2.14. The van der Waals surface area contributed by atoms with Crippen molar-refractivity contribution >= 4 is 11.7 Å². The fraction of sp³-hybridized carbons (Fsp3) is 0.571. The highest BCUT2D eigenvalue weighted by molar-refractivity contribution is 5.95. The van der Waals surface area contributed by atoms with Crippen LogP contribution < -0.4 is 16.6 Å². The maximum atomic E-state index is 12.1. The Labute approximate surface area is 115 Å². The molecule has 1 aromatic heterocycles. The number of nitrogens with zero attached hydrogens (tertiary/aromatic N) is 1. The minimum atomic E-state index is -0.0720. The van der Waals surface area contributed by atoms with Crippen LogP contribution in [0.4, 0.5) is 5.82 Å². The largest absolute Gasteiger partial charge is 0.350 e. The maximum Gasteiger partial charge on any atom is 0.251 e. The highest BCUT2D eigenvalue weighted by Gasteiger charge is 2.11. The molecule has 0 radical (unpaired) electrons. The van der Waals surface area contributed by atoms with E-state index in [0.717, 1.165) is 31.4 Å². The molecule has 0 fully saturated rings. The van der Waals surface area contributed by atoms with Crippen molar-refractivity contribution in [3.05, 3.63) is 23.4 Å². The molecule has 1 amide bonds. The first-order valence-corrected chi connectivity index (χ1v) is 6.89. The highest BCUT2D eigenvalue weighted by atomic mass is 16.1. The number of nitrogens with one attached hydrogen (secondary N) is 2. The normalized spacial score (nSPS) is 12.0. The molecule has 0 spiro atoms. The van der Waals surface area contributed by atoms with Gasteiger partial charge in [-0.05, 0) is 31.9 Å². The summed E-state index contributed by atoms with van der Waals surface area (Å²) in [5, 5.41) is 2.98. The first-order chi connectivity index (χ1) is 9.10. The SMILES string of the molecule is CCCc1cc(C(=O)NC(C)CCC)cc(NN)n1. The first-order valence-electron chi connectivity index (χ1n) is 6.89. The Morgan fingerprint density at radius 2 is 2.11 bits per heavy atom. The van der Waals surface area contributed by atoms with Gasteiger partial charge in [0.2, 0.25) is 0 Å².